The molecule has 2 aliphatic rings. The highest BCUT2D eigenvalue weighted by atomic mass is 16.5. The van der Waals surface area contributed by atoms with Crippen LogP contribution in [0.15, 0.2) is 36.4 Å². The number of carbonyl (C=O) groups is 1. The Hall–Kier alpha value is -2.93. The molecule has 7 heteroatoms. The minimum absolute atomic E-state index is 0.0640. The molecule has 2 aromatic heterocycles. The van der Waals surface area contributed by atoms with Crippen molar-refractivity contribution < 1.29 is 14.6 Å². The Morgan fingerprint density at radius 3 is 2.53 bits per heavy atom. The van der Waals surface area contributed by atoms with Gasteiger partial charge in [0.2, 0.25) is 0 Å². The zero-order valence-electron chi connectivity index (χ0n) is 18.5. The third-order valence-electron chi connectivity index (χ3n) is 6.70. The lowest BCUT2D eigenvalue weighted by Gasteiger charge is -2.34. The fourth-order valence-electron chi connectivity index (χ4n) is 4.75. The summed E-state index contributed by atoms with van der Waals surface area (Å²) in [6.07, 6.45) is 6.63. The monoisotopic (exact) mass is 434 g/mol. The first-order chi connectivity index (χ1) is 15.7. The van der Waals surface area contributed by atoms with Gasteiger partial charge in [-0.3, -0.25) is 0 Å². The molecular formula is C25H30N4O3. The molecule has 3 aromatic rings. The van der Waals surface area contributed by atoms with E-state index in [1.54, 1.807) is 6.07 Å². The van der Waals surface area contributed by atoms with Gasteiger partial charge in [-0.1, -0.05) is 31.5 Å². The van der Waals surface area contributed by atoms with E-state index in [9.17, 15) is 9.90 Å². The number of fused-ring (bicyclic) bond motifs is 1. The quantitative estimate of drug-likeness (QED) is 0.576. The van der Waals surface area contributed by atoms with Crippen molar-refractivity contribution in [2.45, 2.75) is 57.5 Å². The van der Waals surface area contributed by atoms with Crippen LogP contribution in [0, 0.1) is 0 Å². The van der Waals surface area contributed by atoms with Crippen molar-refractivity contribution in [3.05, 3.63) is 47.8 Å². The Kier molecular flexibility index (Phi) is 5.83. The summed E-state index contributed by atoms with van der Waals surface area (Å²) < 4.78 is 7.80. The molecule has 0 radical (unpaired) electrons. The summed E-state index contributed by atoms with van der Waals surface area (Å²) in [5, 5.41) is 15.8. The normalized spacial score (nSPS) is 17.6. The van der Waals surface area contributed by atoms with Crippen LogP contribution in [0.5, 0.6) is 0 Å². The van der Waals surface area contributed by atoms with Crippen LogP contribution in [0.1, 0.15) is 67.5 Å². The Bertz CT molecular complexity index is 1100. The lowest BCUT2D eigenvalue weighted by Crippen LogP contribution is -2.37. The first-order valence-corrected chi connectivity index (χ1v) is 11.7. The number of benzene rings is 1. The topological polar surface area (TPSA) is 80.5 Å². The van der Waals surface area contributed by atoms with Crippen LogP contribution in [-0.4, -0.2) is 51.6 Å². The summed E-state index contributed by atoms with van der Waals surface area (Å²) in [6, 6.07) is 11.6. The SMILES string of the molecule is CCCOC1CCN(c2cc(C(=O)O)nc3c2c(C2CCC2)nn3-c2ccccc2)CC1. The summed E-state index contributed by atoms with van der Waals surface area (Å²) in [7, 11) is 0. The number of aromatic carboxylic acids is 1. The summed E-state index contributed by atoms with van der Waals surface area (Å²) in [4.78, 5) is 18.9. The molecule has 2 fully saturated rings. The first kappa shape index (κ1) is 20.9. The van der Waals surface area contributed by atoms with Gasteiger partial charge in [-0.05, 0) is 50.3 Å². The molecule has 3 heterocycles. The number of nitrogens with zero attached hydrogens (tertiary/aromatic N) is 4. The second-order valence-electron chi connectivity index (χ2n) is 8.85. The number of rotatable bonds is 7. The van der Waals surface area contributed by atoms with E-state index in [2.05, 4.69) is 16.8 Å². The van der Waals surface area contributed by atoms with Gasteiger partial charge >= 0.3 is 5.97 Å². The maximum Gasteiger partial charge on any atom is 0.354 e. The van der Waals surface area contributed by atoms with Gasteiger partial charge in [0, 0.05) is 25.6 Å². The van der Waals surface area contributed by atoms with E-state index in [1.807, 2.05) is 35.0 Å². The molecule has 0 bridgehead atoms. The van der Waals surface area contributed by atoms with E-state index >= 15 is 0 Å². The summed E-state index contributed by atoms with van der Waals surface area (Å²) in [5.74, 6) is -0.607. The van der Waals surface area contributed by atoms with Gasteiger partial charge in [0.25, 0.3) is 0 Å². The Balaban J connectivity index is 1.62. The number of carboxylic acids is 1. The highest BCUT2D eigenvalue weighted by molar-refractivity contribution is 5.98. The summed E-state index contributed by atoms with van der Waals surface area (Å²) in [5.41, 5.74) is 3.60. The fourth-order valence-corrected chi connectivity index (χ4v) is 4.75. The number of carboxylic acid groups (broad SMARTS) is 1. The van der Waals surface area contributed by atoms with Crippen molar-refractivity contribution in [2.24, 2.45) is 0 Å². The highest BCUT2D eigenvalue weighted by Gasteiger charge is 2.31. The van der Waals surface area contributed by atoms with Gasteiger partial charge in [-0.2, -0.15) is 5.10 Å². The molecule has 1 aromatic carbocycles. The third-order valence-corrected chi connectivity index (χ3v) is 6.70. The van der Waals surface area contributed by atoms with E-state index in [0.717, 1.165) is 74.3 Å². The molecule has 0 amide bonds. The van der Waals surface area contributed by atoms with Crippen molar-refractivity contribution >= 4 is 22.7 Å². The number of hydrogen-bond acceptors (Lipinski definition) is 5. The van der Waals surface area contributed by atoms with Crippen LogP contribution in [0.25, 0.3) is 16.7 Å². The molecule has 168 valence electrons. The first-order valence-electron chi connectivity index (χ1n) is 11.7. The van der Waals surface area contributed by atoms with Crippen molar-refractivity contribution in [3.63, 3.8) is 0 Å². The molecule has 5 rings (SSSR count). The fraction of sp³-hybridized carbons (Fsp3) is 0.480. The minimum Gasteiger partial charge on any atom is -0.477 e. The number of aromatic nitrogens is 3. The Morgan fingerprint density at radius 2 is 1.91 bits per heavy atom. The van der Waals surface area contributed by atoms with Gasteiger partial charge in [0.05, 0.1) is 28.6 Å². The van der Waals surface area contributed by atoms with Crippen LogP contribution in [0.3, 0.4) is 0 Å². The largest absolute Gasteiger partial charge is 0.477 e. The average Bonchev–Trinajstić information content (AvgIpc) is 3.16. The molecule has 7 nitrogen and oxygen atoms in total. The van der Waals surface area contributed by atoms with E-state index in [-0.39, 0.29) is 11.8 Å². The molecular weight excluding hydrogens is 404 g/mol. The molecule has 1 saturated heterocycles. The third kappa shape index (κ3) is 3.86. The minimum atomic E-state index is -1.01. The second-order valence-corrected chi connectivity index (χ2v) is 8.85. The average molecular weight is 435 g/mol. The number of para-hydroxylation sites is 1. The van der Waals surface area contributed by atoms with Crippen molar-refractivity contribution in [1.29, 1.82) is 0 Å². The van der Waals surface area contributed by atoms with Gasteiger partial charge < -0.3 is 14.7 Å². The standard InChI is InChI=1S/C25H30N4O3/c1-2-15-32-19-11-13-28(14-12-19)21-16-20(25(30)31)26-24-22(21)23(17-7-6-8-17)27-29(24)18-9-4-3-5-10-18/h3-5,9-10,16-17,19H,2,6-8,11-15H2,1H3,(H,30,31). The van der Waals surface area contributed by atoms with Crippen molar-refractivity contribution in [3.8, 4) is 5.69 Å². The molecule has 1 saturated carbocycles. The number of hydrogen-bond donors (Lipinski definition) is 1. The second kappa shape index (κ2) is 8.90. The highest BCUT2D eigenvalue weighted by Crippen LogP contribution is 2.43. The van der Waals surface area contributed by atoms with E-state index in [0.29, 0.717) is 11.6 Å². The zero-order valence-corrected chi connectivity index (χ0v) is 18.5. The van der Waals surface area contributed by atoms with Crippen LogP contribution in [-0.2, 0) is 4.74 Å². The van der Waals surface area contributed by atoms with E-state index in [4.69, 9.17) is 9.84 Å². The molecule has 1 N–H and O–H groups in total. The maximum absolute atomic E-state index is 12.0. The lowest BCUT2D eigenvalue weighted by atomic mass is 9.82. The van der Waals surface area contributed by atoms with Gasteiger partial charge in [-0.25, -0.2) is 14.5 Å². The van der Waals surface area contributed by atoms with Gasteiger partial charge in [0.1, 0.15) is 0 Å². The molecule has 1 aliphatic carbocycles. The summed E-state index contributed by atoms with van der Waals surface area (Å²) >= 11 is 0. The van der Waals surface area contributed by atoms with E-state index in [1.165, 1.54) is 6.42 Å². The van der Waals surface area contributed by atoms with Crippen LogP contribution >= 0.6 is 0 Å². The molecule has 32 heavy (non-hydrogen) atoms. The zero-order chi connectivity index (χ0) is 22.1. The maximum atomic E-state index is 12.0. The lowest BCUT2D eigenvalue weighted by molar-refractivity contribution is 0.0375. The van der Waals surface area contributed by atoms with Crippen molar-refractivity contribution in [2.75, 3.05) is 24.6 Å². The summed E-state index contributed by atoms with van der Waals surface area (Å²) in [6.45, 7) is 4.60. The van der Waals surface area contributed by atoms with Crippen LogP contribution < -0.4 is 4.90 Å². The Labute approximate surface area is 188 Å². The predicted molar refractivity (Wildman–Crippen MR) is 124 cm³/mol. The number of pyridine rings is 1. The van der Waals surface area contributed by atoms with Gasteiger partial charge in [0.15, 0.2) is 11.3 Å². The smallest absolute Gasteiger partial charge is 0.354 e. The van der Waals surface area contributed by atoms with Crippen LogP contribution in [0.2, 0.25) is 0 Å². The van der Waals surface area contributed by atoms with Gasteiger partial charge in [-0.15, -0.1) is 0 Å². The van der Waals surface area contributed by atoms with Crippen molar-refractivity contribution in [1.82, 2.24) is 14.8 Å². The van der Waals surface area contributed by atoms with Crippen LogP contribution in [0.4, 0.5) is 5.69 Å². The molecule has 0 spiro atoms. The number of piperidine rings is 1. The number of ether oxygens (including phenoxy) is 1. The predicted octanol–water partition coefficient (Wildman–Crippen LogP) is 4.78. The number of anilines is 1. The van der Waals surface area contributed by atoms with E-state index < -0.39 is 5.97 Å². The Morgan fingerprint density at radius 1 is 1.16 bits per heavy atom. The molecule has 0 unspecified atom stereocenters. The molecule has 0 atom stereocenters. The molecule has 1 aliphatic heterocycles.